The van der Waals surface area contributed by atoms with E-state index in [0.29, 0.717) is 6.04 Å². The van der Waals surface area contributed by atoms with Gasteiger partial charge >= 0.3 is 0 Å². The number of nitrogens with two attached hydrogens (primary N) is 1. The monoisotopic (exact) mass is 197 g/mol. The van der Waals surface area contributed by atoms with Gasteiger partial charge in [-0.2, -0.15) is 0 Å². The van der Waals surface area contributed by atoms with Gasteiger partial charge in [-0.3, -0.25) is 4.90 Å². The molecule has 1 saturated carbocycles. The van der Waals surface area contributed by atoms with Crippen molar-refractivity contribution in [1.29, 1.82) is 0 Å². The van der Waals surface area contributed by atoms with Gasteiger partial charge in [-0.15, -0.1) is 0 Å². The van der Waals surface area contributed by atoms with E-state index in [9.17, 15) is 0 Å². The smallest absolute Gasteiger partial charge is 0.0247 e. The Labute approximate surface area is 87.2 Å². The molecule has 2 fully saturated rings. The first kappa shape index (κ1) is 10.4. The zero-order valence-electron chi connectivity index (χ0n) is 9.28. The van der Waals surface area contributed by atoms with Crippen LogP contribution < -0.4 is 5.73 Å². The largest absolute Gasteiger partial charge is 0.329 e. The summed E-state index contributed by atoms with van der Waals surface area (Å²) in [6, 6.07) is 0.678. The van der Waals surface area contributed by atoms with Gasteiger partial charge in [0, 0.05) is 38.8 Å². The Morgan fingerprint density at radius 3 is 2.29 bits per heavy atom. The van der Waals surface area contributed by atoms with E-state index in [-0.39, 0.29) is 0 Å². The summed E-state index contributed by atoms with van der Waals surface area (Å²) in [6.45, 7) is 5.71. The molecule has 0 aromatic rings. The van der Waals surface area contributed by atoms with Crippen LogP contribution in [0.1, 0.15) is 19.3 Å². The lowest BCUT2D eigenvalue weighted by molar-refractivity contribution is 0.0583. The molecular formula is C11H23N3. The molecule has 2 aliphatic rings. The third kappa shape index (κ3) is 2.10. The molecule has 1 heterocycles. The lowest BCUT2D eigenvalue weighted by Gasteiger charge is -2.44. The van der Waals surface area contributed by atoms with Crippen LogP contribution in [0.4, 0.5) is 0 Å². The first-order valence-corrected chi connectivity index (χ1v) is 5.94. The van der Waals surface area contributed by atoms with Crippen molar-refractivity contribution in [2.24, 2.45) is 11.7 Å². The highest BCUT2D eigenvalue weighted by molar-refractivity contribution is 4.87. The van der Waals surface area contributed by atoms with Crippen molar-refractivity contribution in [3.8, 4) is 0 Å². The molecule has 0 radical (unpaired) electrons. The van der Waals surface area contributed by atoms with E-state index in [1.165, 1.54) is 45.4 Å². The minimum Gasteiger partial charge on any atom is -0.329 e. The van der Waals surface area contributed by atoms with E-state index in [2.05, 4.69) is 16.8 Å². The van der Waals surface area contributed by atoms with E-state index in [1.54, 1.807) is 0 Å². The molecule has 1 saturated heterocycles. The van der Waals surface area contributed by atoms with Crippen LogP contribution in [0, 0.1) is 5.92 Å². The Morgan fingerprint density at radius 1 is 1.21 bits per heavy atom. The number of hydrogen-bond acceptors (Lipinski definition) is 3. The molecule has 0 spiro atoms. The van der Waals surface area contributed by atoms with Crippen LogP contribution in [0.25, 0.3) is 0 Å². The maximum absolute atomic E-state index is 5.89. The Hall–Kier alpha value is -0.120. The molecular weight excluding hydrogens is 174 g/mol. The SMILES string of the molecule is CN1CCN(C(CN)C2CCC2)CC1. The fourth-order valence-electron chi connectivity index (χ4n) is 2.62. The molecule has 0 amide bonds. The second kappa shape index (κ2) is 4.60. The van der Waals surface area contributed by atoms with Gasteiger partial charge < -0.3 is 10.6 Å². The summed E-state index contributed by atoms with van der Waals surface area (Å²) < 4.78 is 0. The van der Waals surface area contributed by atoms with Gasteiger partial charge in [-0.1, -0.05) is 6.42 Å². The molecule has 14 heavy (non-hydrogen) atoms. The molecule has 82 valence electrons. The van der Waals surface area contributed by atoms with Gasteiger partial charge in [0.15, 0.2) is 0 Å². The Bertz CT molecular complexity index is 171. The summed E-state index contributed by atoms with van der Waals surface area (Å²) in [4.78, 5) is 5.02. The second-order valence-corrected chi connectivity index (χ2v) is 4.83. The van der Waals surface area contributed by atoms with E-state index < -0.39 is 0 Å². The lowest BCUT2D eigenvalue weighted by atomic mass is 9.79. The van der Waals surface area contributed by atoms with Gasteiger partial charge in [0.05, 0.1) is 0 Å². The van der Waals surface area contributed by atoms with Crippen molar-refractivity contribution in [2.75, 3.05) is 39.8 Å². The average Bonchev–Trinajstić information content (AvgIpc) is 2.13. The van der Waals surface area contributed by atoms with Crippen molar-refractivity contribution >= 4 is 0 Å². The van der Waals surface area contributed by atoms with Crippen molar-refractivity contribution in [1.82, 2.24) is 9.80 Å². The van der Waals surface area contributed by atoms with Crippen LogP contribution in [0.2, 0.25) is 0 Å². The van der Waals surface area contributed by atoms with Crippen molar-refractivity contribution in [2.45, 2.75) is 25.3 Å². The Kier molecular flexibility index (Phi) is 3.42. The predicted octanol–water partition coefficient (Wildman–Crippen LogP) is 0.361. The average molecular weight is 197 g/mol. The first-order valence-electron chi connectivity index (χ1n) is 5.94. The van der Waals surface area contributed by atoms with Crippen LogP contribution in [0.5, 0.6) is 0 Å². The molecule has 0 bridgehead atoms. The van der Waals surface area contributed by atoms with Crippen LogP contribution in [-0.4, -0.2) is 55.6 Å². The minimum absolute atomic E-state index is 0.678. The third-order valence-electron chi connectivity index (χ3n) is 3.94. The summed E-state index contributed by atoms with van der Waals surface area (Å²) in [5.74, 6) is 0.906. The van der Waals surface area contributed by atoms with Crippen molar-refractivity contribution in [3.05, 3.63) is 0 Å². The molecule has 1 aliphatic carbocycles. The fourth-order valence-corrected chi connectivity index (χ4v) is 2.62. The number of likely N-dealkylation sites (N-methyl/N-ethyl adjacent to an activating group) is 1. The number of rotatable bonds is 3. The molecule has 2 rings (SSSR count). The standard InChI is InChI=1S/C11H23N3/c1-13-5-7-14(8-6-13)11(9-12)10-3-2-4-10/h10-11H,2-9,12H2,1H3. The van der Waals surface area contributed by atoms with Crippen LogP contribution in [-0.2, 0) is 0 Å². The normalized spacial score (nSPS) is 28.7. The van der Waals surface area contributed by atoms with Crippen molar-refractivity contribution < 1.29 is 0 Å². The zero-order chi connectivity index (χ0) is 9.97. The Balaban J connectivity index is 1.84. The summed E-state index contributed by atoms with van der Waals surface area (Å²) in [6.07, 6.45) is 4.25. The van der Waals surface area contributed by atoms with Gasteiger partial charge in [-0.25, -0.2) is 0 Å². The quantitative estimate of drug-likeness (QED) is 0.709. The van der Waals surface area contributed by atoms with E-state index in [1.807, 2.05) is 0 Å². The molecule has 3 heteroatoms. The summed E-state index contributed by atoms with van der Waals surface area (Å²) in [5, 5.41) is 0. The van der Waals surface area contributed by atoms with Gasteiger partial charge in [0.1, 0.15) is 0 Å². The van der Waals surface area contributed by atoms with E-state index >= 15 is 0 Å². The molecule has 0 aromatic carbocycles. The predicted molar refractivity (Wildman–Crippen MR) is 59.3 cm³/mol. The molecule has 2 N–H and O–H groups in total. The molecule has 0 aromatic heterocycles. The van der Waals surface area contributed by atoms with Gasteiger partial charge in [-0.05, 0) is 25.8 Å². The third-order valence-corrected chi connectivity index (χ3v) is 3.94. The molecule has 3 nitrogen and oxygen atoms in total. The van der Waals surface area contributed by atoms with E-state index in [0.717, 1.165) is 12.5 Å². The molecule has 1 atom stereocenters. The Morgan fingerprint density at radius 2 is 1.86 bits per heavy atom. The lowest BCUT2D eigenvalue weighted by Crippen LogP contribution is -2.54. The maximum Gasteiger partial charge on any atom is 0.0247 e. The minimum atomic E-state index is 0.678. The fraction of sp³-hybridized carbons (Fsp3) is 1.00. The first-order chi connectivity index (χ1) is 6.81. The van der Waals surface area contributed by atoms with Crippen LogP contribution in [0.3, 0.4) is 0 Å². The molecule has 1 unspecified atom stereocenters. The van der Waals surface area contributed by atoms with Crippen LogP contribution >= 0.6 is 0 Å². The molecule has 1 aliphatic heterocycles. The zero-order valence-corrected chi connectivity index (χ0v) is 9.28. The number of piperazine rings is 1. The number of nitrogens with zero attached hydrogens (tertiary/aromatic N) is 2. The topological polar surface area (TPSA) is 32.5 Å². The maximum atomic E-state index is 5.89. The highest BCUT2D eigenvalue weighted by Crippen LogP contribution is 2.32. The highest BCUT2D eigenvalue weighted by atomic mass is 15.3. The highest BCUT2D eigenvalue weighted by Gasteiger charge is 2.31. The van der Waals surface area contributed by atoms with Gasteiger partial charge in [0.25, 0.3) is 0 Å². The summed E-state index contributed by atoms with van der Waals surface area (Å²) in [7, 11) is 2.21. The number of hydrogen-bond donors (Lipinski definition) is 1. The second-order valence-electron chi connectivity index (χ2n) is 4.83. The van der Waals surface area contributed by atoms with Gasteiger partial charge in [0.2, 0.25) is 0 Å². The summed E-state index contributed by atoms with van der Waals surface area (Å²) in [5.41, 5.74) is 5.89. The van der Waals surface area contributed by atoms with E-state index in [4.69, 9.17) is 5.73 Å². The summed E-state index contributed by atoms with van der Waals surface area (Å²) >= 11 is 0. The van der Waals surface area contributed by atoms with Crippen LogP contribution in [0.15, 0.2) is 0 Å². The van der Waals surface area contributed by atoms with Crippen molar-refractivity contribution in [3.63, 3.8) is 0 Å².